The quantitative estimate of drug-likeness (QED) is 0.858. The van der Waals surface area contributed by atoms with Crippen molar-refractivity contribution in [3.8, 4) is 5.95 Å². The van der Waals surface area contributed by atoms with E-state index in [4.69, 9.17) is 5.73 Å². The highest BCUT2D eigenvalue weighted by Crippen LogP contribution is 2.15. The van der Waals surface area contributed by atoms with Crippen molar-refractivity contribution >= 4 is 5.82 Å². The van der Waals surface area contributed by atoms with Gasteiger partial charge < -0.3 is 5.73 Å². The third kappa shape index (κ3) is 2.27. The molecule has 2 aromatic heterocycles. The van der Waals surface area contributed by atoms with Gasteiger partial charge in [-0.25, -0.2) is 14.6 Å². The molecule has 0 aromatic carbocycles. The van der Waals surface area contributed by atoms with Crippen molar-refractivity contribution in [3.63, 3.8) is 0 Å². The molecule has 0 fully saturated rings. The first-order valence-corrected chi connectivity index (χ1v) is 5.65. The van der Waals surface area contributed by atoms with Gasteiger partial charge in [-0.2, -0.15) is 0 Å². The van der Waals surface area contributed by atoms with Crippen LogP contribution in [-0.4, -0.2) is 19.7 Å². The Balaban J connectivity index is 2.51. The molecule has 90 valence electrons. The molecule has 0 aliphatic heterocycles. The lowest BCUT2D eigenvalue weighted by atomic mass is 10.1. The fourth-order valence-corrected chi connectivity index (χ4v) is 1.55. The predicted molar refractivity (Wildman–Crippen MR) is 67.1 cm³/mol. The van der Waals surface area contributed by atoms with E-state index < -0.39 is 0 Å². The Morgan fingerprint density at radius 2 is 1.94 bits per heavy atom. The Kier molecular flexibility index (Phi) is 2.83. The lowest BCUT2D eigenvalue weighted by Gasteiger charge is -2.07. The van der Waals surface area contributed by atoms with E-state index in [9.17, 15) is 0 Å². The first kappa shape index (κ1) is 11.6. The standard InChI is InChI=1S/C12H17N5/c1-7(2)10-5-9(4)14-12(15-10)17-6-8(3)11(13)16-17/h5-7H,1-4H3,(H2,13,16). The van der Waals surface area contributed by atoms with Crippen LogP contribution in [0.5, 0.6) is 0 Å². The average molecular weight is 231 g/mol. The molecule has 0 unspecified atom stereocenters. The minimum Gasteiger partial charge on any atom is -0.382 e. The van der Waals surface area contributed by atoms with Gasteiger partial charge >= 0.3 is 0 Å². The number of anilines is 1. The summed E-state index contributed by atoms with van der Waals surface area (Å²) in [4.78, 5) is 8.87. The Morgan fingerprint density at radius 1 is 1.24 bits per heavy atom. The zero-order valence-electron chi connectivity index (χ0n) is 10.6. The van der Waals surface area contributed by atoms with E-state index in [1.165, 1.54) is 0 Å². The van der Waals surface area contributed by atoms with Gasteiger partial charge in [-0.1, -0.05) is 13.8 Å². The van der Waals surface area contributed by atoms with Gasteiger partial charge in [-0.05, 0) is 25.8 Å². The van der Waals surface area contributed by atoms with E-state index in [0.717, 1.165) is 17.0 Å². The lowest BCUT2D eigenvalue weighted by Crippen LogP contribution is -2.07. The number of nitrogens with two attached hydrogens (primary N) is 1. The number of hydrogen-bond donors (Lipinski definition) is 1. The van der Waals surface area contributed by atoms with Crippen molar-refractivity contribution in [2.45, 2.75) is 33.6 Å². The molecule has 0 radical (unpaired) electrons. The molecule has 2 rings (SSSR count). The lowest BCUT2D eigenvalue weighted by molar-refractivity contribution is 0.752. The van der Waals surface area contributed by atoms with E-state index in [1.807, 2.05) is 26.1 Å². The summed E-state index contributed by atoms with van der Waals surface area (Å²) in [6.07, 6.45) is 1.84. The third-order valence-corrected chi connectivity index (χ3v) is 2.59. The van der Waals surface area contributed by atoms with Crippen molar-refractivity contribution in [3.05, 3.63) is 29.2 Å². The highest BCUT2D eigenvalue weighted by molar-refractivity contribution is 5.37. The topological polar surface area (TPSA) is 69.6 Å². The maximum Gasteiger partial charge on any atom is 0.251 e. The fourth-order valence-electron chi connectivity index (χ4n) is 1.55. The number of hydrogen-bond acceptors (Lipinski definition) is 4. The molecule has 17 heavy (non-hydrogen) atoms. The summed E-state index contributed by atoms with van der Waals surface area (Å²) in [7, 11) is 0. The second-order valence-corrected chi connectivity index (χ2v) is 4.53. The molecule has 0 amide bonds. The molecular weight excluding hydrogens is 214 g/mol. The number of aryl methyl sites for hydroxylation is 2. The maximum atomic E-state index is 5.73. The second-order valence-electron chi connectivity index (χ2n) is 4.53. The Hall–Kier alpha value is -1.91. The van der Waals surface area contributed by atoms with Crippen LogP contribution in [-0.2, 0) is 0 Å². The fraction of sp³-hybridized carbons (Fsp3) is 0.417. The van der Waals surface area contributed by atoms with Gasteiger partial charge in [-0.3, -0.25) is 0 Å². The van der Waals surface area contributed by atoms with Crippen molar-refractivity contribution in [1.82, 2.24) is 19.7 Å². The van der Waals surface area contributed by atoms with Gasteiger partial charge in [0.15, 0.2) is 0 Å². The molecular formula is C12H17N5. The van der Waals surface area contributed by atoms with E-state index in [2.05, 4.69) is 28.9 Å². The van der Waals surface area contributed by atoms with Crippen LogP contribution >= 0.6 is 0 Å². The number of nitrogen functional groups attached to an aromatic ring is 1. The maximum absolute atomic E-state index is 5.73. The summed E-state index contributed by atoms with van der Waals surface area (Å²) in [6.45, 7) is 8.08. The summed E-state index contributed by atoms with van der Waals surface area (Å²) in [6, 6.07) is 1.99. The second kappa shape index (κ2) is 4.16. The summed E-state index contributed by atoms with van der Waals surface area (Å²) in [5.41, 5.74) is 8.61. The minimum atomic E-state index is 0.365. The zero-order valence-corrected chi connectivity index (χ0v) is 10.6. The van der Waals surface area contributed by atoms with Crippen LogP contribution in [0, 0.1) is 13.8 Å². The molecule has 0 atom stereocenters. The molecule has 2 N–H and O–H groups in total. The SMILES string of the molecule is Cc1cc(C(C)C)nc(-n2cc(C)c(N)n2)n1. The predicted octanol–water partition coefficient (Wildman–Crippen LogP) is 1.98. The van der Waals surface area contributed by atoms with Crippen LogP contribution in [0.15, 0.2) is 12.3 Å². The molecule has 0 saturated carbocycles. The molecule has 0 saturated heterocycles. The number of aromatic nitrogens is 4. The third-order valence-electron chi connectivity index (χ3n) is 2.59. The average Bonchev–Trinajstić information content (AvgIpc) is 2.58. The van der Waals surface area contributed by atoms with E-state index >= 15 is 0 Å². The van der Waals surface area contributed by atoms with Crippen LogP contribution in [0.3, 0.4) is 0 Å². The highest BCUT2D eigenvalue weighted by atomic mass is 15.4. The molecule has 5 nitrogen and oxygen atoms in total. The Morgan fingerprint density at radius 3 is 2.47 bits per heavy atom. The summed E-state index contributed by atoms with van der Waals surface area (Å²) < 4.78 is 1.63. The normalized spacial score (nSPS) is 11.1. The van der Waals surface area contributed by atoms with Crippen LogP contribution in [0.25, 0.3) is 5.95 Å². The summed E-state index contributed by atoms with van der Waals surface area (Å²) >= 11 is 0. The molecule has 0 aliphatic carbocycles. The van der Waals surface area contributed by atoms with Crippen molar-refractivity contribution < 1.29 is 0 Å². The smallest absolute Gasteiger partial charge is 0.251 e. The minimum absolute atomic E-state index is 0.365. The van der Waals surface area contributed by atoms with Crippen LogP contribution < -0.4 is 5.73 Å². The van der Waals surface area contributed by atoms with Gasteiger partial charge in [0.2, 0.25) is 0 Å². The van der Waals surface area contributed by atoms with Gasteiger partial charge in [0.1, 0.15) is 5.82 Å². The van der Waals surface area contributed by atoms with Crippen molar-refractivity contribution in [1.29, 1.82) is 0 Å². The van der Waals surface area contributed by atoms with Crippen LogP contribution in [0.4, 0.5) is 5.82 Å². The van der Waals surface area contributed by atoms with E-state index in [-0.39, 0.29) is 0 Å². The first-order chi connectivity index (χ1) is 7.97. The molecule has 0 aliphatic rings. The number of nitrogens with zero attached hydrogens (tertiary/aromatic N) is 4. The van der Waals surface area contributed by atoms with Crippen molar-refractivity contribution in [2.24, 2.45) is 0 Å². The molecule has 0 bridgehead atoms. The summed E-state index contributed by atoms with van der Waals surface area (Å²) in [5.74, 6) is 1.46. The molecule has 0 spiro atoms. The molecule has 2 heterocycles. The Labute approximate surface area is 101 Å². The highest BCUT2D eigenvalue weighted by Gasteiger charge is 2.09. The monoisotopic (exact) mass is 231 g/mol. The van der Waals surface area contributed by atoms with Gasteiger partial charge in [0.25, 0.3) is 5.95 Å². The first-order valence-electron chi connectivity index (χ1n) is 5.65. The van der Waals surface area contributed by atoms with Gasteiger partial charge in [0.05, 0.1) is 0 Å². The van der Waals surface area contributed by atoms with E-state index in [0.29, 0.717) is 17.7 Å². The number of rotatable bonds is 2. The Bertz CT molecular complexity index is 522. The molecule has 5 heteroatoms. The van der Waals surface area contributed by atoms with E-state index in [1.54, 1.807) is 4.68 Å². The van der Waals surface area contributed by atoms with Crippen molar-refractivity contribution in [2.75, 3.05) is 5.73 Å². The molecule has 2 aromatic rings. The zero-order chi connectivity index (χ0) is 12.6. The van der Waals surface area contributed by atoms with Gasteiger partial charge in [0, 0.05) is 23.1 Å². The largest absolute Gasteiger partial charge is 0.382 e. The van der Waals surface area contributed by atoms with Crippen LogP contribution in [0.1, 0.15) is 36.7 Å². The van der Waals surface area contributed by atoms with Gasteiger partial charge in [-0.15, -0.1) is 5.10 Å². The summed E-state index contributed by atoms with van der Waals surface area (Å²) in [5, 5.41) is 4.19. The van der Waals surface area contributed by atoms with Crippen LogP contribution in [0.2, 0.25) is 0 Å².